The van der Waals surface area contributed by atoms with Gasteiger partial charge in [-0.05, 0) is 13.8 Å². The van der Waals surface area contributed by atoms with Crippen LogP contribution in [0.15, 0.2) is 34.5 Å². The van der Waals surface area contributed by atoms with E-state index in [4.69, 9.17) is 14.2 Å². The SMILES string of the molecule is C=CCn1c(=O)ccn(C2O[C@H](CO)[C@H]3OC(C)(C)O[C@@H]23)c1=O. The van der Waals surface area contributed by atoms with Crippen molar-refractivity contribution in [2.24, 2.45) is 0 Å². The highest BCUT2D eigenvalue weighted by Crippen LogP contribution is 2.42. The minimum atomic E-state index is -0.829. The van der Waals surface area contributed by atoms with Crippen molar-refractivity contribution in [3.8, 4) is 0 Å². The summed E-state index contributed by atoms with van der Waals surface area (Å²) < 4.78 is 19.7. The highest BCUT2D eigenvalue weighted by atomic mass is 16.8. The molecule has 1 unspecified atom stereocenters. The zero-order valence-corrected chi connectivity index (χ0v) is 13.0. The van der Waals surface area contributed by atoms with E-state index in [0.717, 1.165) is 4.57 Å². The van der Waals surface area contributed by atoms with Crippen molar-refractivity contribution in [2.45, 2.75) is 50.7 Å². The molecule has 2 fully saturated rings. The highest BCUT2D eigenvalue weighted by Gasteiger charge is 2.55. The van der Waals surface area contributed by atoms with Gasteiger partial charge in [0.1, 0.15) is 18.3 Å². The molecule has 0 spiro atoms. The predicted molar refractivity (Wildman–Crippen MR) is 80.0 cm³/mol. The first kappa shape index (κ1) is 16.1. The third-order valence-electron chi connectivity index (χ3n) is 3.99. The first-order chi connectivity index (χ1) is 10.9. The lowest BCUT2D eigenvalue weighted by Gasteiger charge is -2.24. The quantitative estimate of drug-likeness (QED) is 0.758. The van der Waals surface area contributed by atoms with Crippen LogP contribution in [0, 0.1) is 0 Å². The molecule has 1 N–H and O–H groups in total. The molecule has 1 aromatic heterocycles. The van der Waals surface area contributed by atoms with Gasteiger partial charge in [-0.15, -0.1) is 6.58 Å². The molecule has 8 heteroatoms. The first-order valence-electron chi connectivity index (χ1n) is 7.43. The molecular weight excluding hydrogens is 304 g/mol. The van der Waals surface area contributed by atoms with E-state index in [9.17, 15) is 14.7 Å². The van der Waals surface area contributed by atoms with Crippen molar-refractivity contribution in [1.29, 1.82) is 0 Å². The number of allylic oxidation sites excluding steroid dienone is 1. The number of nitrogens with zero attached hydrogens (tertiary/aromatic N) is 2. The molecule has 126 valence electrons. The Morgan fingerprint density at radius 1 is 1.35 bits per heavy atom. The van der Waals surface area contributed by atoms with Crippen molar-refractivity contribution in [3.63, 3.8) is 0 Å². The van der Waals surface area contributed by atoms with Gasteiger partial charge in [-0.25, -0.2) is 4.79 Å². The van der Waals surface area contributed by atoms with Crippen LogP contribution in [0.1, 0.15) is 20.1 Å². The van der Waals surface area contributed by atoms with Gasteiger partial charge in [-0.3, -0.25) is 13.9 Å². The Labute approximate surface area is 132 Å². The van der Waals surface area contributed by atoms with Crippen molar-refractivity contribution in [3.05, 3.63) is 45.8 Å². The summed E-state index contributed by atoms with van der Waals surface area (Å²) in [6, 6.07) is 1.29. The summed E-state index contributed by atoms with van der Waals surface area (Å²) in [5.41, 5.74) is -0.934. The third-order valence-corrected chi connectivity index (χ3v) is 3.99. The molecule has 8 nitrogen and oxygen atoms in total. The molecule has 0 amide bonds. The minimum absolute atomic E-state index is 0.103. The predicted octanol–water partition coefficient (Wildman–Crippen LogP) is -0.394. The van der Waals surface area contributed by atoms with E-state index >= 15 is 0 Å². The van der Waals surface area contributed by atoms with E-state index in [1.54, 1.807) is 13.8 Å². The van der Waals surface area contributed by atoms with Crippen LogP contribution in [0.5, 0.6) is 0 Å². The van der Waals surface area contributed by atoms with Gasteiger partial charge in [-0.1, -0.05) is 6.08 Å². The lowest BCUT2D eigenvalue weighted by atomic mass is 10.1. The molecular formula is C15H20N2O6. The molecule has 0 saturated carbocycles. The number of rotatable bonds is 4. The number of hydrogen-bond acceptors (Lipinski definition) is 6. The maximum Gasteiger partial charge on any atom is 0.333 e. The monoisotopic (exact) mass is 324 g/mol. The molecule has 3 heterocycles. The molecule has 0 radical (unpaired) electrons. The van der Waals surface area contributed by atoms with E-state index in [-0.39, 0.29) is 13.2 Å². The van der Waals surface area contributed by atoms with Crippen LogP contribution in [-0.2, 0) is 20.8 Å². The number of fused-ring (bicyclic) bond motifs is 1. The summed E-state index contributed by atoms with van der Waals surface area (Å²) in [6.07, 6.45) is 0.448. The normalized spacial score (nSPS) is 32.0. The minimum Gasteiger partial charge on any atom is -0.394 e. The van der Waals surface area contributed by atoms with Gasteiger partial charge in [-0.2, -0.15) is 0 Å². The Kier molecular flexibility index (Phi) is 4.01. The number of aromatic nitrogens is 2. The highest BCUT2D eigenvalue weighted by molar-refractivity contribution is 4.99. The van der Waals surface area contributed by atoms with E-state index in [0.29, 0.717) is 0 Å². The molecule has 2 saturated heterocycles. The molecule has 4 atom stereocenters. The average molecular weight is 324 g/mol. The summed E-state index contributed by atoms with van der Waals surface area (Å²) in [7, 11) is 0. The molecule has 1 aromatic rings. The van der Waals surface area contributed by atoms with Crippen molar-refractivity contribution < 1.29 is 19.3 Å². The summed E-state index contributed by atoms with van der Waals surface area (Å²) in [4.78, 5) is 24.4. The number of aliphatic hydroxyl groups excluding tert-OH is 1. The zero-order chi connectivity index (χ0) is 16.8. The Balaban J connectivity index is 2.02. The summed E-state index contributed by atoms with van der Waals surface area (Å²) >= 11 is 0. The van der Waals surface area contributed by atoms with E-state index < -0.39 is 41.6 Å². The van der Waals surface area contributed by atoms with Crippen LogP contribution >= 0.6 is 0 Å². The first-order valence-corrected chi connectivity index (χ1v) is 7.43. The topological polar surface area (TPSA) is 91.9 Å². The van der Waals surface area contributed by atoms with Crippen LogP contribution in [0.3, 0.4) is 0 Å². The lowest BCUT2D eigenvalue weighted by Crippen LogP contribution is -2.42. The third kappa shape index (κ3) is 2.67. The Bertz CT molecular complexity index is 721. The van der Waals surface area contributed by atoms with Crippen molar-refractivity contribution in [2.75, 3.05) is 6.61 Å². The van der Waals surface area contributed by atoms with Gasteiger partial charge < -0.3 is 19.3 Å². The molecule has 2 aliphatic heterocycles. The lowest BCUT2D eigenvalue weighted by molar-refractivity contribution is -0.200. The van der Waals surface area contributed by atoms with Gasteiger partial charge in [0.05, 0.1) is 6.61 Å². The van der Waals surface area contributed by atoms with Gasteiger partial charge in [0.2, 0.25) is 0 Å². The Morgan fingerprint density at radius 2 is 2.04 bits per heavy atom. The number of hydrogen-bond donors (Lipinski definition) is 1. The van der Waals surface area contributed by atoms with Crippen LogP contribution < -0.4 is 11.2 Å². The average Bonchev–Trinajstić information content (AvgIpc) is 2.97. The second-order valence-corrected chi connectivity index (χ2v) is 6.06. The number of ether oxygens (including phenoxy) is 3. The fourth-order valence-electron chi connectivity index (χ4n) is 3.05. The van der Waals surface area contributed by atoms with E-state index in [1.807, 2.05) is 0 Å². The molecule has 3 rings (SSSR count). The molecule has 0 aliphatic carbocycles. The Hall–Kier alpha value is -1.74. The summed E-state index contributed by atoms with van der Waals surface area (Å²) in [5.74, 6) is -0.829. The van der Waals surface area contributed by atoms with Crippen LogP contribution in [0.2, 0.25) is 0 Å². The Morgan fingerprint density at radius 3 is 2.70 bits per heavy atom. The van der Waals surface area contributed by atoms with Crippen LogP contribution in [-0.4, -0.2) is 44.9 Å². The van der Waals surface area contributed by atoms with Crippen molar-refractivity contribution >= 4 is 0 Å². The second-order valence-electron chi connectivity index (χ2n) is 6.06. The standard InChI is InChI=1S/C15H20N2O6/c1-4-6-16-10(19)5-7-17(14(16)20)13-12-11(9(8-18)21-13)22-15(2,3)23-12/h4-5,7,9,11-13,18H,1,6,8H2,2-3H3/t9-,11-,12-,13?/m1/s1. The second kappa shape index (κ2) is 5.72. The van der Waals surface area contributed by atoms with Gasteiger partial charge in [0.15, 0.2) is 12.0 Å². The maximum atomic E-state index is 12.6. The van der Waals surface area contributed by atoms with E-state index in [2.05, 4.69) is 6.58 Å². The number of aliphatic hydroxyl groups is 1. The van der Waals surface area contributed by atoms with Gasteiger partial charge >= 0.3 is 5.69 Å². The molecule has 0 bridgehead atoms. The smallest absolute Gasteiger partial charge is 0.333 e. The van der Waals surface area contributed by atoms with Crippen molar-refractivity contribution in [1.82, 2.24) is 9.13 Å². The summed E-state index contributed by atoms with van der Waals surface area (Å²) in [5, 5.41) is 9.48. The molecule has 2 aliphatic rings. The molecule has 23 heavy (non-hydrogen) atoms. The largest absolute Gasteiger partial charge is 0.394 e. The zero-order valence-electron chi connectivity index (χ0n) is 13.0. The van der Waals surface area contributed by atoms with E-state index in [1.165, 1.54) is 22.9 Å². The van der Waals surface area contributed by atoms with Gasteiger partial charge in [0, 0.05) is 18.8 Å². The van der Waals surface area contributed by atoms with Crippen LogP contribution in [0.4, 0.5) is 0 Å². The fourth-order valence-corrected chi connectivity index (χ4v) is 3.05. The van der Waals surface area contributed by atoms with Gasteiger partial charge in [0.25, 0.3) is 5.56 Å². The summed E-state index contributed by atoms with van der Waals surface area (Å²) in [6.45, 7) is 6.92. The molecule has 0 aromatic carbocycles. The fraction of sp³-hybridized carbons (Fsp3) is 0.600. The van der Waals surface area contributed by atoms with Crippen LogP contribution in [0.25, 0.3) is 0 Å². The maximum absolute atomic E-state index is 12.6.